The summed E-state index contributed by atoms with van der Waals surface area (Å²) in [6.45, 7) is 0. The highest BCUT2D eigenvalue weighted by Crippen LogP contribution is 2.46. The van der Waals surface area contributed by atoms with E-state index in [0.29, 0.717) is 0 Å². The molecule has 0 unspecified atom stereocenters. The predicted octanol–water partition coefficient (Wildman–Crippen LogP) is 18.0. The SMILES string of the molecule is c1ccc(-c2ccc(N(c3cccc(-c4cccc(-c5cccc(-c6ccc7c(c6)c6ccccc6n7-c6ccccc6)c5)c4)c3)c3cc4ccccc4c4c3oc3ccccc34)cc2)cc1. The number of aromatic nitrogens is 1. The lowest BCUT2D eigenvalue weighted by molar-refractivity contribution is 0.669. The van der Waals surface area contributed by atoms with E-state index in [1.165, 1.54) is 60.6 Å². The van der Waals surface area contributed by atoms with Gasteiger partial charge in [-0.05, 0) is 134 Å². The average Bonchev–Trinajstić information content (AvgIpc) is 3.96. The van der Waals surface area contributed by atoms with Crippen molar-refractivity contribution in [3.05, 3.63) is 255 Å². The molecule has 0 saturated heterocycles. The van der Waals surface area contributed by atoms with Gasteiger partial charge in [0.1, 0.15) is 5.58 Å². The van der Waals surface area contributed by atoms with Gasteiger partial charge in [-0.1, -0.05) is 176 Å². The van der Waals surface area contributed by atoms with Crippen molar-refractivity contribution in [1.82, 2.24) is 4.57 Å². The Balaban J connectivity index is 0.908. The molecule has 0 bridgehead atoms. The van der Waals surface area contributed by atoms with E-state index in [1.54, 1.807) is 0 Å². The minimum absolute atomic E-state index is 0.861. The molecule has 3 heteroatoms. The first-order valence-corrected chi connectivity index (χ1v) is 22.9. The summed E-state index contributed by atoms with van der Waals surface area (Å²) < 4.78 is 9.21. The smallest absolute Gasteiger partial charge is 0.160 e. The molecule has 67 heavy (non-hydrogen) atoms. The van der Waals surface area contributed by atoms with E-state index in [0.717, 1.165) is 61.2 Å². The van der Waals surface area contributed by atoms with E-state index in [-0.39, 0.29) is 0 Å². The van der Waals surface area contributed by atoms with Crippen LogP contribution in [0, 0.1) is 0 Å². The molecular formula is C64H42N2O. The molecule has 2 heterocycles. The third kappa shape index (κ3) is 6.67. The zero-order chi connectivity index (χ0) is 44.3. The Bertz CT molecular complexity index is 3980. The molecule has 0 amide bonds. The molecule has 0 spiro atoms. The molecule has 3 nitrogen and oxygen atoms in total. The van der Waals surface area contributed by atoms with E-state index < -0.39 is 0 Å². The molecule has 0 fully saturated rings. The molecule has 0 radical (unpaired) electrons. The van der Waals surface area contributed by atoms with Crippen molar-refractivity contribution in [2.45, 2.75) is 0 Å². The Morgan fingerprint density at radius 1 is 0.313 bits per heavy atom. The van der Waals surface area contributed by atoms with Crippen LogP contribution in [0.15, 0.2) is 259 Å². The topological polar surface area (TPSA) is 21.3 Å². The zero-order valence-electron chi connectivity index (χ0n) is 36.6. The second-order valence-electron chi connectivity index (χ2n) is 17.3. The number of fused-ring (bicyclic) bond motifs is 8. The Morgan fingerprint density at radius 2 is 0.836 bits per heavy atom. The number of anilines is 3. The summed E-state index contributed by atoms with van der Waals surface area (Å²) in [5, 5.41) is 7.07. The molecule has 11 aromatic carbocycles. The normalized spacial score (nSPS) is 11.6. The van der Waals surface area contributed by atoms with Gasteiger partial charge in [0.2, 0.25) is 0 Å². The van der Waals surface area contributed by atoms with E-state index in [2.05, 4.69) is 258 Å². The average molecular weight is 855 g/mol. The van der Waals surface area contributed by atoms with Crippen LogP contribution >= 0.6 is 0 Å². The molecule has 0 aliphatic carbocycles. The van der Waals surface area contributed by atoms with Crippen molar-refractivity contribution in [1.29, 1.82) is 0 Å². The maximum Gasteiger partial charge on any atom is 0.160 e. The summed E-state index contributed by atoms with van der Waals surface area (Å²) in [6.07, 6.45) is 0. The van der Waals surface area contributed by atoms with Gasteiger partial charge in [0.05, 0.1) is 16.7 Å². The summed E-state index contributed by atoms with van der Waals surface area (Å²) in [7, 11) is 0. The van der Waals surface area contributed by atoms with Gasteiger partial charge in [-0.15, -0.1) is 0 Å². The van der Waals surface area contributed by atoms with E-state index in [1.807, 2.05) is 6.07 Å². The van der Waals surface area contributed by atoms with Crippen LogP contribution in [0.4, 0.5) is 17.1 Å². The quantitative estimate of drug-likeness (QED) is 0.152. The van der Waals surface area contributed by atoms with Crippen molar-refractivity contribution in [2.24, 2.45) is 0 Å². The Labute approximate surface area is 388 Å². The predicted molar refractivity (Wildman–Crippen MR) is 282 cm³/mol. The zero-order valence-corrected chi connectivity index (χ0v) is 36.6. The van der Waals surface area contributed by atoms with Crippen molar-refractivity contribution in [3.8, 4) is 50.2 Å². The highest BCUT2D eigenvalue weighted by Gasteiger charge is 2.23. The monoisotopic (exact) mass is 854 g/mol. The number of furan rings is 1. The molecule has 0 saturated carbocycles. The lowest BCUT2D eigenvalue weighted by atomic mass is 9.95. The Kier molecular flexibility index (Phi) is 9.17. The number of nitrogens with zero attached hydrogens (tertiary/aromatic N) is 2. The number of hydrogen-bond donors (Lipinski definition) is 0. The first-order chi connectivity index (χ1) is 33.2. The van der Waals surface area contributed by atoms with Crippen LogP contribution in [0.2, 0.25) is 0 Å². The standard InChI is InChI=1S/C64H42N2O/c1-3-16-43(17-4-1)44-32-35-53(36-33-44)65(61-42-51-18-7-8-27-55(51)63-57-29-10-12-31-62(57)67-64(61)63)54-26-15-23-49(40-54)47-21-13-19-45(38-47)46-20-14-22-48(39-46)50-34-37-60-58(41-50)56-28-9-11-30-59(56)66(60)52-24-5-2-6-25-52/h1-42H. The molecule has 0 aliphatic rings. The third-order valence-corrected chi connectivity index (χ3v) is 13.3. The maximum atomic E-state index is 6.85. The summed E-state index contributed by atoms with van der Waals surface area (Å²) in [5.41, 5.74) is 17.7. The highest BCUT2D eigenvalue weighted by atomic mass is 16.3. The van der Waals surface area contributed by atoms with Gasteiger partial charge in [-0.25, -0.2) is 0 Å². The summed E-state index contributed by atoms with van der Waals surface area (Å²) in [6, 6.07) is 91.8. The van der Waals surface area contributed by atoms with Crippen LogP contribution in [0.25, 0.3) is 105 Å². The number of rotatable bonds is 8. The maximum absolute atomic E-state index is 6.85. The van der Waals surface area contributed by atoms with Gasteiger partial charge >= 0.3 is 0 Å². The van der Waals surface area contributed by atoms with Crippen LogP contribution in [0.5, 0.6) is 0 Å². The Hall–Kier alpha value is -8.92. The molecule has 0 atom stereocenters. The largest absolute Gasteiger partial charge is 0.454 e. The van der Waals surface area contributed by atoms with Gasteiger partial charge < -0.3 is 13.9 Å². The highest BCUT2D eigenvalue weighted by molar-refractivity contribution is 6.23. The first-order valence-electron chi connectivity index (χ1n) is 22.9. The van der Waals surface area contributed by atoms with Gasteiger partial charge in [-0.3, -0.25) is 0 Å². The first kappa shape index (κ1) is 38.5. The number of para-hydroxylation sites is 3. The van der Waals surface area contributed by atoms with E-state index in [9.17, 15) is 0 Å². The van der Waals surface area contributed by atoms with Crippen molar-refractivity contribution >= 4 is 71.6 Å². The second kappa shape index (κ2) is 16.0. The van der Waals surface area contributed by atoms with E-state index in [4.69, 9.17) is 4.42 Å². The molecule has 2 aromatic heterocycles. The molecule has 314 valence electrons. The minimum Gasteiger partial charge on any atom is -0.454 e. The number of hydrogen-bond acceptors (Lipinski definition) is 2. The lowest BCUT2D eigenvalue weighted by Crippen LogP contribution is -2.10. The molecular weight excluding hydrogens is 813 g/mol. The fourth-order valence-corrected chi connectivity index (χ4v) is 10.2. The van der Waals surface area contributed by atoms with Crippen molar-refractivity contribution in [3.63, 3.8) is 0 Å². The molecule has 13 aromatic rings. The van der Waals surface area contributed by atoms with Gasteiger partial charge in [0.15, 0.2) is 5.58 Å². The summed E-state index contributed by atoms with van der Waals surface area (Å²) in [4.78, 5) is 2.36. The van der Waals surface area contributed by atoms with Crippen molar-refractivity contribution < 1.29 is 4.42 Å². The van der Waals surface area contributed by atoms with Crippen LogP contribution in [0.3, 0.4) is 0 Å². The van der Waals surface area contributed by atoms with Crippen LogP contribution in [0.1, 0.15) is 0 Å². The van der Waals surface area contributed by atoms with Gasteiger partial charge in [-0.2, -0.15) is 0 Å². The minimum atomic E-state index is 0.861. The van der Waals surface area contributed by atoms with Crippen molar-refractivity contribution in [2.75, 3.05) is 4.90 Å². The van der Waals surface area contributed by atoms with Crippen LogP contribution in [-0.4, -0.2) is 4.57 Å². The lowest BCUT2D eigenvalue weighted by Gasteiger charge is -2.27. The van der Waals surface area contributed by atoms with Crippen LogP contribution < -0.4 is 4.90 Å². The summed E-state index contributed by atoms with van der Waals surface area (Å²) >= 11 is 0. The fourth-order valence-electron chi connectivity index (χ4n) is 10.2. The third-order valence-electron chi connectivity index (χ3n) is 13.3. The molecule has 13 rings (SSSR count). The fraction of sp³-hybridized carbons (Fsp3) is 0. The summed E-state index contributed by atoms with van der Waals surface area (Å²) in [5.74, 6) is 0. The Morgan fingerprint density at radius 3 is 1.57 bits per heavy atom. The second-order valence-corrected chi connectivity index (χ2v) is 17.3. The molecule has 0 N–H and O–H groups in total. The number of benzene rings is 11. The van der Waals surface area contributed by atoms with E-state index >= 15 is 0 Å². The van der Waals surface area contributed by atoms with Crippen LogP contribution in [-0.2, 0) is 0 Å². The molecule has 0 aliphatic heterocycles. The van der Waals surface area contributed by atoms with Gasteiger partial charge in [0.25, 0.3) is 0 Å². The van der Waals surface area contributed by atoms with Gasteiger partial charge in [0, 0.05) is 38.6 Å².